The lowest BCUT2D eigenvalue weighted by Crippen LogP contribution is -2.01. The van der Waals surface area contributed by atoms with Crippen LogP contribution in [0.4, 0.5) is 10.1 Å². The van der Waals surface area contributed by atoms with Crippen molar-refractivity contribution in [3.05, 3.63) is 64.8 Å². The van der Waals surface area contributed by atoms with Crippen LogP contribution >= 0.6 is 11.6 Å². The molecule has 1 N–H and O–H groups in total. The average Bonchev–Trinajstić information content (AvgIpc) is 2.81. The second kappa shape index (κ2) is 5.13. The molecule has 0 amide bonds. The molecule has 0 aliphatic carbocycles. The first-order valence-corrected chi connectivity index (χ1v) is 6.63. The topological polar surface area (TPSA) is 29.3 Å². The summed E-state index contributed by atoms with van der Waals surface area (Å²) in [7, 11) is 0. The molecule has 1 aromatic carbocycles. The molecule has 0 aliphatic heterocycles. The number of nitrogens with one attached hydrogen (secondary N) is 1. The first kappa shape index (κ1) is 12.9. The summed E-state index contributed by atoms with van der Waals surface area (Å²) >= 11 is 5.93. The number of aryl methyl sites for hydroxylation is 1. The molecule has 0 saturated carbocycles. The molecule has 0 aliphatic rings. The summed E-state index contributed by atoms with van der Waals surface area (Å²) in [5, 5.41) is 3.86. The Morgan fingerprint density at radius 1 is 1.25 bits per heavy atom. The molecule has 0 bridgehead atoms. The lowest BCUT2D eigenvalue weighted by molar-refractivity contribution is 0.628. The summed E-state index contributed by atoms with van der Waals surface area (Å²) in [6, 6.07) is 8.35. The van der Waals surface area contributed by atoms with Crippen LogP contribution in [0.25, 0.3) is 5.65 Å². The Morgan fingerprint density at radius 2 is 2.10 bits per heavy atom. The first-order valence-electron chi connectivity index (χ1n) is 6.25. The number of anilines is 1. The number of halogens is 2. The van der Waals surface area contributed by atoms with E-state index >= 15 is 0 Å². The van der Waals surface area contributed by atoms with Crippen LogP contribution in [0.15, 0.2) is 42.7 Å². The Balaban J connectivity index is 1.81. The molecule has 0 unspecified atom stereocenters. The van der Waals surface area contributed by atoms with Gasteiger partial charge in [-0.05, 0) is 36.8 Å². The predicted octanol–water partition coefficient (Wildman–Crippen LogP) is 4.05. The summed E-state index contributed by atoms with van der Waals surface area (Å²) in [6.07, 6.45) is 3.71. The third-order valence-corrected chi connectivity index (χ3v) is 3.35. The van der Waals surface area contributed by atoms with E-state index in [4.69, 9.17) is 11.6 Å². The molecule has 0 fully saturated rings. The monoisotopic (exact) mass is 289 g/mol. The Hall–Kier alpha value is -2.07. The molecule has 5 heteroatoms. The molecule has 0 radical (unpaired) electrons. The Morgan fingerprint density at radius 3 is 2.95 bits per heavy atom. The maximum atomic E-state index is 13.2. The van der Waals surface area contributed by atoms with Crippen molar-refractivity contribution < 1.29 is 4.39 Å². The van der Waals surface area contributed by atoms with Gasteiger partial charge in [0.15, 0.2) is 0 Å². The highest BCUT2D eigenvalue weighted by Gasteiger charge is 2.04. The second-order valence-corrected chi connectivity index (χ2v) is 5.09. The van der Waals surface area contributed by atoms with Gasteiger partial charge in [0.2, 0.25) is 0 Å². The molecule has 3 nitrogen and oxygen atoms in total. The highest BCUT2D eigenvalue weighted by molar-refractivity contribution is 6.30. The number of benzene rings is 1. The summed E-state index contributed by atoms with van der Waals surface area (Å²) in [5.74, 6) is -0.250. The van der Waals surface area contributed by atoms with Crippen LogP contribution in [0.2, 0.25) is 5.02 Å². The van der Waals surface area contributed by atoms with Gasteiger partial charge in [-0.1, -0.05) is 17.7 Å². The van der Waals surface area contributed by atoms with Crippen LogP contribution in [0, 0.1) is 12.7 Å². The number of imidazole rings is 1. The van der Waals surface area contributed by atoms with Gasteiger partial charge in [0.1, 0.15) is 11.5 Å². The smallest absolute Gasteiger partial charge is 0.137 e. The molecular formula is C15H13ClFN3. The molecule has 102 valence electrons. The van der Waals surface area contributed by atoms with Crippen LogP contribution < -0.4 is 5.32 Å². The molecular weight excluding hydrogens is 277 g/mol. The van der Waals surface area contributed by atoms with E-state index in [2.05, 4.69) is 10.3 Å². The Labute approximate surface area is 121 Å². The minimum absolute atomic E-state index is 0.250. The van der Waals surface area contributed by atoms with Crippen molar-refractivity contribution >= 4 is 22.9 Å². The molecule has 0 atom stereocenters. The van der Waals surface area contributed by atoms with Gasteiger partial charge in [0, 0.05) is 18.1 Å². The van der Waals surface area contributed by atoms with Crippen molar-refractivity contribution in [3.63, 3.8) is 0 Å². The maximum Gasteiger partial charge on any atom is 0.137 e. The zero-order valence-corrected chi connectivity index (χ0v) is 11.7. The fourth-order valence-electron chi connectivity index (χ4n) is 2.07. The third-order valence-electron chi connectivity index (χ3n) is 3.12. The normalized spacial score (nSPS) is 10.9. The SMILES string of the molecule is Cc1ccc(F)cc1NCc1cn2cc(Cl)ccc2n1. The minimum Gasteiger partial charge on any atom is -0.379 e. The lowest BCUT2D eigenvalue weighted by Gasteiger charge is -2.07. The number of fused-ring (bicyclic) bond motifs is 1. The molecule has 3 aromatic rings. The minimum atomic E-state index is -0.250. The summed E-state index contributed by atoms with van der Waals surface area (Å²) < 4.78 is 15.1. The number of pyridine rings is 1. The van der Waals surface area contributed by atoms with Crippen LogP contribution in [0.5, 0.6) is 0 Å². The van der Waals surface area contributed by atoms with Gasteiger partial charge < -0.3 is 9.72 Å². The largest absolute Gasteiger partial charge is 0.379 e. The van der Waals surface area contributed by atoms with E-state index < -0.39 is 0 Å². The Bertz CT molecular complexity index is 767. The van der Waals surface area contributed by atoms with Crippen molar-refractivity contribution in [1.82, 2.24) is 9.38 Å². The molecule has 0 spiro atoms. The van der Waals surface area contributed by atoms with Gasteiger partial charge in [-0.25, -0.2) is 9.37 Å². The summed E-state index contributed by atoms with van der Waals surface area (Å²) in [5.41, 5.74) is 3.48. The molecule has 0 saturated heterocycles. The molecule has 20 heavy (non-hydrogen) atoms. The highest BCUT2D eigenvalue weighted by atomic mass is 35.5. The molecule has 3 rings (SSSR count). The predicted molar refractivity (Wildman–Crippen MR) is 78.7 cm³/mol. The number of rotatable bonds is 3. The zero-order chi connectivity index (χ0) is 14.1. The Kier molecular flexibility index (Phi) is 3.32. The van der Waals surface area contributed by atoms with Crippen molar-refractivity contribution in [2.45, 2.75) is 13.5 Å². The van der Waals surface area contributed by atoms with Gasteiger partial charge in [0.25, 0.3) is 0 Å². The van der Waals surface area contributed by atoms with Crippen molar-refractivity contribution in [2.75, 3.05) is 5.32 Å². The second-order valence-electron chi connectivity index (χ2n) is 4.66. The van der Waals surface area contributed by atoms with Crippen LogP contribution in [-0.4, -0.2) is 9.38 Å². The van der Waals surface area contributed by atoms with Crippen LogP contribution in [0.3, 0.4) is 0 Å². The van der Waals surface area contributed by atoms with Crippen LogP contribution in [-0.2, 0) is 6.54 Å². The molecule has 2 heterocycles. The van der Waals surface area contributed by atoms with Gasteiger partial charge in [-0.15, -0.1) is 0 Å². The van der Waals surface area contributed by atoms with E-state index in [1.165, 1.54) is 12.1 Å². The van der Waals surface area contributed by atoms with Crippen LogP contribution in [0.1, 0.15) is 11.3 Å². The summed E-state index contributed by atoms with van der Waals surface area (Å²) in [4.78, 5) is 4.47. The average molecular weight is 290 g/mol. The van der Waals surface area contributed by atoms with E-state index in [9.17, 15) is 4.39 Å². The highest BCUT2D eigenvalue weighted by Crippen LogP contribution is 2.17. The standard InChI is InChI=1S/C15H13ClFN3/c1-10-2-4-12(17)6-14(10)18-7-13-9-20-8-11(16)3-5-15(20)19-13/h2-6,8-9,18H,7H2,1H3. The van der Waals surface area contributed by atoms with E-state index in [1.807, 2.05) is 23.6 Å². The van der Waals surface area contributed by atoms with E-state index in [1.54, 1.807) is 18.3 Å². The maximum absolute atomic E-state index is 13.2. The van der Waals surface area contributed by atoms with Gasteiger partial charge >= 0.3 is 0 Å². The summed E-state index contributed by atoms with van der Waals surface area (Å²) in [6.45, 7) is 2.47. The van der Waals surface area contributed by atoms with E-state index in [-0.39, 0.29) is 5.82 Å². The number of aromatic nitrogens is 2. The van der Waals surface area contributed by atoms with E-state index in [0.29, 0.717) is 11.6 Å². The number of hydrogen-bond donors (Lipinski definition) is 1. The lowest BCUT2D eigenvalue weighted by atomic mass is 10.2. The van der Waals surface area contributed by atoms with Gasteiger partial charge in [-0.2, -0.15) is 0 Å². The fraction of sp³-hybridized carbons (Fsp3) is 0.133. The zero-order valence-electron chi connectivity index (χ0n) is 10.9. The fourth-order valence-corrected chi connectivity index (χ4v) is 2.24. The quantitative estimate of drug-likeness (QED) is 0.788. The number of nitrogens with zero attached hydrogens (tertiary/aromatic N) is 2. The van der Waals surface area contributed by atoms with Crippen molar-refractivity contribution in [3.8, 4) is 0 Å². The van der Waals surface area contributed by atoms with Crippen molar-refractivity contribution in [1.29, 1.82) is 0 Å². The first-order chi connectivity index (χ1) is 9.61. The molecule has 2 aromatic heterocycles. The third kappa shape index (κ3) is 2.60. The van der Waals surface area contributed by atoms with Gasteiger partial charge in [-0.3, -0.25) is 0 Å². The van der Waals surface area contributed by atoms with E-state index in [0.717, 1.165) is 22.6 Å². The number of hydrogen-bond acceptors (Lipinski definition) is 2. The van der Waals surface area contributed by atoms with Gasteiger partial charge in [0.05, 0.1) is 17.3 Å². The van der Waals surface area contributed by atoms with Crippen molar-refractivity contribution in [2.24, 2.45) is 0 Å².